The van der Waals surface area contributed by atoms with Gasteiger partial charge in [-0.25, -0.2) is 0 Å². The van der Waals surface area contributed by atoms with E-state index in [4.69, 9.17) is 4.74 Å². The summed E-state index contributed by atoms with van der Waals surface area (Å²) in [5.41, 5.74) is 2.38. The van der Waals surface area contributed by atoms with Crippen LogP contribution in [0.3, 0.4) is 0 Å². The number of ether oxygens (including phenoxy) is 1. The van der Waals surface area contributed by atoms with Crippen LogP contribution in [-0.2, 0) is 9.53 Å². The molecule has 3 nitrogen and oxygen atoms in total. The molecule has 0 saturated heterocycles. The molecule has 0 saturated carbocycles. The summed E-state index contributed by atoms with van der Waals surface area (Å²) in [5.74, 6) is 0.168. The number of nitrogens with one attached hydrogen (secondary N) is 1. The highest BCUT2D eigenvalue weighted by atomic mass is 16.5. The molecule has 2 unspecified atom stereocenters. The van der Waals surface area contributed by atoms with E-state index in [-0.39, 0.29) is 18.0 Å². The zero-order valence-electron chi connectivity index (χ0n) is 11.1. The predicted molar refractivity (Wildman–Crippen MR) is 72.8 cm³/mol. The monoisotopic (exact) mass is 247 g/mol. The molecule has 0 amide bonds. The van der Waals surface area contributed by atoms with E-state index in [0.29, 0.717) is 6.42 Å². The number of para-hydroxylation sites is 1. The lowest BCUT2D eigenvalue weighted by atomic mass is 9.98. The maximum atomic E-state index is 11.8. The van der Waals surface area contributed by atoms with Crippen molar-refractivity contribution in [1.82, 2.24) is 0 Å². The molecule has 2 rings (SSSR count). The van der Waals surface area contributed by atoms with Gasteiger partial charge < -0.3 is 10.1 Å². The Balaban J connectivity index is 1.89. The van der Waals surface area contributed by atoms with Crippen LogP contribution in [0.4, 0.5) is 5.69 Å². The number of fused-ring (bicyclic) bond motifs is 1. The minimum Gasteiger partial charge on any atom is -0.463 e. The van der Waals surface area contributed by atoms with Crippen LogP contribution in [0.2, 0.25) is 0 Å². The van der Waals surface area contributed by atoms with Gasteiger partial charge in [0, 0.05) is 18.2 Å². The van der Waals surface area contributed by atoms with Crippen LogP contribution >= 0.6 is 0 Å². The van der Waals surface area contributed by atoms with Gasteiger partial charge in [-0.3, -0.25) is 4.79 Å². The summed E-state index contributed by atoms with van der Waals surface area (Å²) in [7, 11) is 0. The molecule has 1 N–H and O–H groups in total. The van der Waals surface area contributed by atoms with Crippen LogP contribution in [0.5, 0.6) is 0 Å². The largest absolute Gasteiger partial charge is 0.463 e. The minimum atomic E-state index is -0.0838. The van der Waals surface area contributed by atoms with Crippen molar-refractivity contribution < 1.29 is 9.53 Å². The van der Waals surface area contributed by atoms with Crippen LogP contribution < -0.4 is 5.32 Å². The van der Waals surface area contributed by atoms with Crippen molar-refractivity contribution in [2.75, 3.05) is 11.9 Å². The van der Waals surface area contributed by atoms with Crippen molar-refractivity contribution in [1.29, 1.82) is 0 Å². The van der Waals surface area contributed by atoms with Gasteiger partial charge in [0.25, 0.3) is 0 Å². The Morgan fingerprint density at radius 2 is 2.28 bits per heavy atom. The Kier molecular flexibility index (Phi) is 4.24. The fraction of sp³-hybridized carbons (Fsp3) is 0.533. The SMILES string of the molecule is CCCC(C)OC(=O)CC1CNc2ccccc21. The Bertz CT molecular complexity index is 417. The number of rotatable bonds is 5. The third-order valence-corrected chi connectivity index (χ3v) is 3.38. The molecule has 3 heteroatoms. The molecule has 1 aromatic rings. The van der Waals surface area contributed by atoms with Gasteiger partial charge in [-0.15, -0.1) is 0 Å². The second-order valence-electron chi connectivity index (χ2n) is 4.96. The molecule has 0 aliphatic carbocycles. The summed E-state index contributed by atoms with van der Waals surface area (Å²) in [5, 5.41) is 3.33. The van der Waals surface area contributed by atoms with Crippen LogP contribution in [0, 0.1) is 0 Å². The van der Waals surface area contributed by atoms with E-state index in [0.717, 1.165) is 25.1 Å². The fourth-order valence-corrected chi connectivity index (χ4v) is 2.48. The number of carbonyl (C=O) groups excluding carboxylic acids is 1. The lowest BCUT2D eigenvalue weighted by Gasteiger charge is -2.14. The number of hydrogen-bond donors (Lipinski definition) is 1. The van der Waals surface area contributed by atoms with E-state index < -0.39 is 0 Å². The maximum Gasteiger partial charge on any atom is 0.306 e. The zero-order chi connectivity index (χ0) is 13.0. The third kappa shape index (κ3) is 3.03. The van der Waals surface area contributed by atoms with Crippen LogP contribution in [-0.4, -0.2) is 18.6 Å². The number of benzene rings is 1. The zero-order valence-corrected chi connectivity index (χ0v) is 11.1. The third-order valence-electron chi connectivity index (χ3n) is 3.38. The molecular weight excluding hydrogens is 226 g/mol. The standard InChI is InChI=1S/C15H21NO2/c1-3-6-11(2)18-15(17)9-12-10-16-14-8-5-4-7-13(12)14/h4-5,7-8,11-12,16H,3,6,9-10H2,1-2H3. The first kappa shape index (κ1) is 12.9. The molecule has 0 spiro atoms. The van der Waals surface area contributed by atoms with Gasteiger partial charge in [-0.1, -0.05) is 31.5 Å². The van der Waals surface area contributed by atoms with Crippen LogP contribution in [0.25, 0.3) is 0 Å². The molecule has 1 heterocycles. The summed E-state index contributed by atoms with van der Waals surface area (Å²) < 4.78 is 5.40. The van der Waals surface area contributed by atoms with Gasteiger partial charge in [0.2, 0.25) is 0 Å². The van der Waals surface area contributed by atoms with Gasteiger partial charge in [-0.2, -0.15) is 0 Å². The highest BCUT2D eigenvalue weighted by Gasteiger charge is 2.25. The first-order valence-corrected chi connectivity index (χ1v) is 6.73. The highest BCUT2D eigenvalue weighted by Crippen LogP contribution is 2.33. The Morgan fingerprint density at radius 1 is 1.50 bits per heavy atom. The highest BCUT2D eigenvalue weighted by molar-refractivity contribution is 5.72. The van der Waals surface area contributed by atoms with Crippen molar-refractivity contribution in [2.24, 2.45) is 0 Å². The van der Waals surface area contributed by atoms with E-state index >= 15 is 0 Å². The Hall–Kier alpha value is -1.51. The van der Waals surface area contributed by atoms with Crippen molar-refractivity contribution in [2.45, 2.75) is 45.1 Å². The summed E-state index contributed by atoms with van der Waals surface area (Å²) in [6.07, 6.45) is 2.48. The first-order chi connectivity index (χ1) is 8.70. The van der Waals surface area contributed by atoms with Gasteiger partial charge in [0.15, 0.2) is 0 Å². The number of esters is 1. The van der Waals surface area contributed by atoms with Gasteiger partial charge >= 0.3 is 5.97 Å². The lowest BCUT2D eigenvalue weighted by Crippen LogP contribution is -2.17. The Labute approximate surface area is 109 Å². The van der Waals surface area contributed by atoms with Gasteiger partial charge in [0.05, 0.1) is 12.5 Å². The van der Waals surface area contributed by atoms with Crippen molar-refractivity contribution in [3.63, 3.8) is 0 Å². The average molecular weight is 247 g/mol. The van der Waals surface area contributed by atoms with Crippen LogP contribution in [0.1, 0.15) is 44.6 Å². The maximum absolute atomic E-state index is 11.8. The van der Waals surface area contributed by atoms with E-state index in [2.05, 4.69) is 24.4 Å². The van der Waals surface area contributed by atoms with Crippen molar-refractivity contribution in [3.8, 4) is 0 Å². The number of hydrogen-bond acceptors (Lipinski definition) is 3. The van der Waals surface area contributed by atoms with Crippen molar-refractivity contribution in [3.05, 3.63) is 29.8 Å². The second-order valence-corrected chi connectivity index (χ2v) is 4.96. The summed E-state index contributed by atoms with van der Waals surface area (Å²) >= 11 is 0. The van der Waals surface area contributed by atoms with Gasteiger partial charge in [0.1, 0.15) is 0 Å². The van der Waals surface area contributed by atoms with E-state index in [1.54, 1.807) is 0 Å². The van der Waals surface area contributed by atoms with Crippen LogP contribution in [0.15, 0.2) is 24.3 Å². The molecular formula is C15H21NO2. The average Bonchev–Trinajstić information content (AvgIpc) is 2.73. The molecule has 1 aromatic carbocycles. The van der Waals surface area contributed by atoms with E-state index in [1.165, 1.54) is 5.56 Å². The molecule has 1 aliphatic rings. The lowest BCUT2D eigenvalue weighted by molar-refractivity contribution is -0.148. The minimum absolute atomic E-state index is 0.0344. The van der Waals surface area contributed by atoms with Crippen molar-refractivity contribution >= 4 is 11.7 Å². The fourth-order valence-electron chi connectivity index (χ4n) is 2.48. The molecule has 0 bridgehead atoms. The summed E-state index contributed by atoms with van der Waals surface area (Å²) in [6, 6.07) is 8.17. The van der Waals surface area contributed by atoms with E-state index in [1.807, 2.05) is 19.1 Å². The number of anilines is 1. The normalized spacial score (nSPS) is 18.9. The Morgan fingerprint density at radius 3 is 3.06 bits per heavy atom. The molecule has 98 valence electrons. The molecule has 1 aliphatic heterocycles. The molecule has 2 atom stereocenters. The second kappa shape index (κ2) is 5.89. The number of carbonyl (C=O) groups is 1. The quantitative estimate of drug-likeness (QED) is 0.811. The molecule has 0 aromatic heterocycles. The molecule has 0 radical (unpaired) electrons. The first-order valence-electron chi connectivity index (χ1n) is 6.73. The summed E-state index contributed by atoms with van der Waals surface area (Å²) in [4.78, 5) is 11.8. The molecule has 18 heavy (non-hydrogen) atoms. The topological polar surface area (TPSA) is 38.3 Å². The smallest absolute Gasteiger partial charge is 0.306 e. The van der Waals surface area contributed by atoms with E-state index in [9.17, 15) is 4.79 Å². The molecule has 0 fully saturated rings. The summed E-state index contributed by atoms with van der Waals surface area (Å²) in [6.45, 7) is 4.89. The predicted octanol–water partition coefficient (Wildman–Crippen LogP) is 3.32. The van der Waals surface area contributed by atoms with Gasteiger partial charge in [-0.05, 0) is 25.0 Å².